The fraction of sp³-hybridized carbons (Fsp3) is 0.857. The maximum Gasteiger partial charge on any atom is 0.310 e. The SMILES string of the molecule is CC(C)C(C)(CC(=O)NCC1CN(C)CCO1)C(=O)O. The van der Waals surface area contributed by atoms with E-state index in [2.05, 4.69) is 10.2 Å². The minimum Gasteiger partial charge on any atom is -0.481 e. The van der Waals surface area contributed by atoms with Gasteiger partial charge in [-0.05, 0) is 19.9 Å². The zero-order valence-electron chi connectivity index (χ0n) is 12.8. The summed E-state index contributed by atoms with van der Waals surface area (Å²) in [4.78, 5) is 25.4. The lowest BCUT2D eigenvalue weighted by atomic mass is 9.76. The number of nitrogens with one attached hydrogen (secondary N) is 1. The van der Waals surface area contributed by atoms with Gasteiger partial charge >= 0.3 is 5.97 Å². The van der Waals surface area contributed by atoms with Crippen molar-refractivity contribution in [1.82, 2.24) is 10.2 Å². The Labute approximate surface area is 120 Å². The van der Waals surface area contributed by atoms with E-state index >= 15 is 0 Å². The molecule has 6 heteroatoms. The highest BCUT2D eigenvalue weighted by atomic mass is 16.5. The van der Waals surface area contributed by atoms with E-state index in [4.69, 9.17) is 4.74 Å². The van der Waals surface area contributed by atoms with E-state index in [9.17, 15) is 14.7 Å². The predicted octanol–water partition coefficient (Wildman–Crippen LogP) is 0.570. The summed E-state index contributed by atoms with van der Waals surface area (Å²) in [5, 5.41) is 12.1. The van der Waals surface area contributed by atoms with Gasteiger partial charge in [-0.25, -0.2) is 0 Å². The van der Waals surface area contributed by atoms with Crippen molar-refractivity contribution in [2.45, 2.75) is 33.3 Å². The lowest BCUT2D eigenvalue weighted by Crippen LogP contribution is -2.47. The van der Waals surface area contributed by atoms with E-state index in [0.29, 0.717) is 13.2 Å². The number of hydrogen-bond donors (Lipinski definition) is 2. The van der Waals surface area contributed by atoms with Gasteiger partial charge in [0.2, 0.25) is 5.91 Å². The Bertz CT molecular complexity index is 359. The number of rotatable bonds is 6. The van der Waals surface area contributed by atoms with Crippen molar-refractivity contribution in [3.05, 3.63) is 0 Å². The van der Waals surface area contributed by atoms with Crippen LogP contribution < -0.4 is 5.32 Å². The number of aliphatic carboxylic acids is 1. The van der Waals surface area contributed by atoms with Gasteiger partial charge in [-0.3, -0.25) is 9.59 Å². The molecule has 0 bridgehead atoms. The number of carboxylic acid groups (broad SMARTS) is 1. The third-order valence-electron chi connectivity index (χ3n) is 4.16. The molecule has 20 heavy (non-hydrogen) atoms. The molecule has 0 spiro atoms. The number of carbonyl (C=O) groups is 2. The molecule has 0 aromatic carbocycles. The minimum absolute atomic E-state index is 0.0113. The molecule has 0 aromatic rings. The summed E-state index contributed by atoms with van der Waals surface area (Å²) in [6.45, 7) is 8.02. The van der Waals surface area contributed by atoms with Crippen LogP contribution in [-0.4, -0.2) is 61.3 Å². The first-order valence-corrected chi connectivity index (χ1v) is 7.06. The van der Waals surface area contributed by atoms with Crippen LogP contribution in [0.25, 0.3) is 0 Å². The van der Waals surface area contributed by atoms with Gasteiger partial charge in [0.05, 0.1) is 18.1 Å². The normalized spacial score (nSPS) is 23.4. The Morgan fingerprint density at radius 3 is 2.65 bits per heavy atom. The second-order valence-electron chi connectivity index (χ2n) is 6.11. The van der Waals surface area contributed by atoms with Gasteiger partial charge in [-0.2, -0.15) is 0 Å². The minimum atomic E-state index is -1.03. The zero-order chi connectivity index (χ0) is 15.3. The number of likely N-dealkylation sites (N-methyl/N-ethyl adjacent to an activating group) is 1. The summed E-state index contributed by atoms with van der Waals surface area (Å²) in [6, 6.07) is 0. The van der Waals surface area contributed by atoms with E-state index in [0.717, 1.165) is 13.1 Å². The molecule has 2 N–H and O–H groups in total. The smallest absolute Gasteiger partial charge is 0.310 e. The molecule has 1 rings (SSSR count). The number of carboxylic acids is 1. The first-order valence-electron chi connectivity index (χ1n) is 7.06. The molecule has 0 aromatic heterocycles. The second-order valence-corrected chi connectivity index (χ2v) is 6.11. The first-order chi connectivity index (χ1) is 9.25. The maximum absolute atomic E-state index is 11.9. The molecule has 0 saturated carbocycles. The van der Waals surface area contributed by atoms with Gasteiger partial charge in [-0.15, -0.1) is 0 Å². The molecule has 0 aliphatic carbocycles. The molecular weight excluding hydrogens is 260 g/mol. The standard InChI is InChI=1S/C14H26N2O4/c1-10(2)14(3,13(18)19)7-12(17)15-8-11-9-16(4)5-6-20-11/h10-11H,5-9H2,1-4H3,(H,15,17)(H,18,19). The van der Waals surface area contributed by atoms with Crippen LogP contribution in [0, 0.1) is 11.3 Å². The molecule has 0 radical (unpaired) electrons. The van der Waals surface area contributed by atoms with Crippen LogP contribution >= 0.6 is 0 Å². The van der Waals surface area contributed by atoms with Crippen LogP contribution in [0.4, 0.5) is 0 Å². The van der Waals surface area contributed by atoms with E-state index < -0.39 is 11.4 Å². The van der Waals surface area contributed by atoms with E-state index in [1.54, 1.807) is 6.92 Å². The fourth-order valence-electron chi connectivity index (χ4n) is 2.14. The monoisotopic (exact) mass is 286 g/mol. The Balaban J connectivity index is 2.44. The average molecular weight is 286 g/mol. The van der Waals surface area contributed by atoms with Crippen molar-refractivity contribution in [2.24, 2.45) is 11.3 Å². The Morgan fingerprint density at radius 1 is 1.50 bits per heavy atom. The second kappa shape index (κ2) is 7.04. The third kappa shape index (κ3) is 4.45. The van der Waals surface area contributed by atoms with E-state index in [1.165, 1.54) is 0 Å². The van der Waals surface area contributed by atoms with E-state index in [1.807, 2.05) is 20.9 Å². The van der Waals surface area contributed by atoms with Gasteiger partial charge in [-0.1, -0.05) is 13.8 Å². The van der Waals surface area contributed by atoms with Crippen molar-refractivity contribution in [2.75, 3.05) is 33.3 Å². The van der Waals surface area contributed by atoms with Crippen molar-refractivity contribution >= 4 is 11.9 Å². The Hall–Kier alpha value is -1.14. The van der Waals surface area contributed by atoms with Gasteiger partial charge in [0.15, 0.2) is 0 Å². The first kappa shape index (κ1) is 16.9. The lowest BCUT2D eigenvalue weighted by Gasteiger charge is -2.31. The molecule has 2 atom stereocenters. The number of amides is 1. The summed E-state index contributed by atoms with van der Waals surface area (Å²) in [5.74, 6) is -1.28. The molecule has 116 valence electrons. The number of ether oxygens (including phenoxy) is 1. The molecule has 1 fully saturated rings. The van der Waals surface area contributed by atoms with E-state index in [-0.39, 0.29) is 24.3 Å². The molecular formula is C14H26N2O4. The summed E-state index contributed by atoms with van der Waals surface area (Å²) in [5.41, 5.74) is -1.03. The van der Waals surface area contributed by atoms with Gasteiger partial charge in [0.25, 0.3) is 0 Å². The average Bonchev–Trinajstić information content (AvgIpc) is 2.36. The highest BCUT2D eigenvalue weighted by Crippen LogP contribution is 2.31. The van der Waals surface area contributed by atoms with Gasteiger partial charge < -0.3 is 20.1 Å². The fourth-order valence-corrected chi connectivity index (χ4v) is 2.14. The molecule has 1 aliphatic rings. The van der Waals surface area contributed by atoms with Crippen LogP contribution in [0.15, 0.2) is 0 Å². The molecule has 1 heterocycles. The number of carbonyl (C=O) groups excluding carboxylic acids is 1. The van der Waals surface area contributed by atoms with Crippen molar-refractivity contribution in [3.8, 4) is 0 Å². The topological polar surface area (TPSA) is 78.9 Å². The van der Waals surface area contributed by atoms with Crippen LogP contribution in [0.1, 0.15) is 27.2 Å². The van der Waals surface area contributed by atoms with Crippen LogP contribution in [0.2, 0.25) is 0 Å². The lowest BCUT2D eigenvalue weighted by molar-refractivity contribution is -0.153. The Morgan fingerprint density at radius 2 is 2.15 bits per heavy atom. The van der Waals surface area contributed by atoms with Crippen LogP contribution in [-0.2, 0) is 14.3 Å². The molecule has 6 nitrogen and oxygen atoms in total. The number of hydrogen-bond acceptors (Lipinski definition) is 4. The molecule has 1 saturated heterocycles. The maximum atomic E-state index is 11.9. The largest absolute Gasteiger partial charge is 0.481 e. The van der Waals surface area contributed by atoms with Crippen molar-refractivity contribution in [1.29, 1.82) is 0 Å². The highest BCUT2D eigenvalue weighted by Gasteiger charge is 2.38. The predicted molar refractivity (Wildman–Crippen MR) is 75.4 cm³/mol. The van der Waals surface area contributed by atoms with Crippen LogP contribution in [0.3, 0.4) is 0 Å². The number of morpholine rings is 1. The Kier molecular flexibility index (Phi) is 5.95. The molecule has 1 amide bonds. The van der Waals surface area contributed by atoms with Crippen LogP contribution in [0.5, 0.6) is 0 Å². The van der Waals surface area contributed by atoms with Crippen molar-refractivity contribution < 1.29 is 19.4 Å². The summed E-state index contributed by atoms with van der Waals surface area (Å²) >= 11 is 0. The third-order valence-corrected chi connectivity index (χ3v) is 4.16. The summed E-state index contributed by atoms with van der Waals surface area (Å²) in [6.07, 6.45) is -0.0319. The number of nitrogens with zero attached hydrogens (tertiary/aromatic N) is 1. The summed E-state index contributed by atoms with van der Waals surface area (Å²) < 4.78 is 5.55. The quantitative estimate of drug-likeness (QED) is 0.746. The zero-order valence-corrected chi connectivity index (χ0v) is 12.8. The molecule has 2 unspecified atom stereocenters. The highest BCUT2D eigenvalue weighted by molar-refractivity contribution is 5.84. The summed E-state index contributed by atoms with van der Waals surface area (Å²) in [7, 11) is 2.01. The molecule has 1 aliphatic heterocycles. The van der Waals surface area contributed by atoms with Crippen molar-refractivity contribution in [3.63, 3.8) is 0 Å². The van der Waals surface area contributed by atoms with Gasteiger partial charge in [0.1, 0.15) is 0 Å². The van der Waals surface area contributed by atoms with Gasteiger partial charge in [0, 0.05) is 26.1 Å².